The zero-order valence-electron chi connectivity index (χ0n) is 17.4. The maximum absolute atomic E-state index is 13.3. The molecule has 0 saturated heterocycles. The first-order valence-corrected chi connectivity index (χ1v) is 12.6. The summed E-state index contributed by atoms with van der Waals surface area (Å²) in [5.74, 6) is 0.353. The largest absolute Gasteiger partial charge is 0.378 e. The highest BCUT2D eigenvalue weighted by Gasteiger charge is 2.39. The minimum absolute atomic E-state index is 0.0155. The Balaban J connectivity index is 1.53. The van der Waals surface area contributed by atoms with Gasteiger partial charge in [0.15, 0.2) is 0 Å². The van der Waals surface area contributed by atoms with Crippen LogP contribution in [-0.4, -0.2) is 15.5 Å². The molecular formula is C25H22Cl2N2O2S. The van der Waals surface area contributed by atoms with E-state index in [0.717, 1.165) is 23.2 Å². The lowest BCUT2D eigenvalue weighted by Gasteiger charge is -2.38. The third-order valence-corrected chi connectivity index (χ3v) is 8.75. The molecular weight excluding hydrogens is 463 g/mol. The van der Waals surface area contributed by atoms with Crippen LogP contribution in [0.3, 0.4) is 0 Å². The molecule has 1 aliphatic carbocycles. The van der Waals surface area contributed by atoms with Gasteiger partial charge in [-0.15, -0.1) is 0 Å². The van der Waals surface area contributed by atoms with E-state index < -0.39 is 10.0 Å². The van der Waals surface area contributed by atoms with Gasteiger partial charge in [-0.05, 0) is 65.9 Å². The molecule has 0 spiro atoms. The van der Waals surface area contributed by atoms with Crippen LogP contribution < -0.4 is 9.62 Å². The van der Waals surface area contributed by atoms with Crippen molar-refractivity contribution in [3.63, 3.8) is 0 Å². The predicted octanol–water partition coefficient (Wildman–Crippen LogP) is 6.65. The Morgan fingerprint density at radius 1 is 0.969 bits per heavy atom. The SMILES string of the molecule is CN(c1ccccc1)S(=O)(=O)c1ccc2c(c1)C1C=CCC1C(c1ccc(Cl)cc1Cl)N2. The first-order valence-electron chi connectivity index (χ1n) is 10.4. The fourth-order valence-electron chi connectivity index (χ4n) is 4.73. The second kappa shape index (κ2) is 8.14. The molecule has 3 atom stereocenters. The molecule has 1 aliphatic heterocycles. The molecule has 5 rings (SSSR count). The number of nitrogens with zero attached hydrogens (tertiary/aromatic N) is 1. The van der Waals surface area contributed by atoms with Crippen molar-refractivity contribution >= 4 is 44.6 Å². The number of halogens is 2. The number of rotatable bonds is 4. The van der Waals surface area contributed by atoms with Gasteiger partial charge in [0, 0.05) is 28.7 Å². The molecule has 3 unspecified atom stereocenters. The molecule has 32 heavy (non-hydrogen) atoms. The van der Waals surface area contributed by atoms with Crippen LogP contribution in [0.2, 0.25) is 10.0 Å². The Hall–Kier alpha value is -2.47. The van der Waals surface area contributed by atoms with Gasteiger partial charge in [-0.25, -0.2) is 8.42 Å². The van der Waals surface area contributed by atoms with Crippen molar-refractivity contribution in [2.45, 2.75) is 23.3 Å². The zero-order valence-corrected chi connectivity index (χ0v) is 19.7. The lowest BCUT2D eigenvalue weighted by Crippen LogP contribution is -2.30. The number of hydrogen-bond donors (Lipinski definition) is 1. The molecule has 0 aromatic heterocycles. The van der Waals surface area contributed by atoms with E-state index in [9.17, 15) is 8.42 Å². The Kier molecular flexibility index (Phi) is 5.44. The van der Waals surface area contributed by atoms with E-state index in [1.165, 1.54) is 4.31 Å². The van der Waals surface area contributed by atoms with Crippen molar-refractivity contribution in [3.05, 3.63) is 100 Å². The van der Waals surface area contributed by atoms with E-state index >= 15 is 0 Å². The summed E-state index contributed by atoms with van der Waals surface area (Å²) in [5, 5.41) is 4.85. The molecule has 0 bridgehead atoms. The highest BCUT2D eigenvalue weighted by atomic mass is 35.5. The molecule has 0 radical (unpaired) electrons. The summed E-state index contributed by atoms with van der Waals surface area (Å²) >= 11 is 12.6. The van der Waals surface area contributed by atoms with Crippen molar-refractivity contribution in [2.75, 3.05) is 16.7 Å². The van der Waals surface area contributed by atoms with Crippen LogP contribution in [0.25, 0.3) is 0 Å². The molecule has 0 fully saturated rings. The smallest absolute Gasteiger partial charge is 0.264 e. The Morgan fingerprint density at radius 2 is 1.75 bits per heavy atom. The van der Waals surface area contributed by atoms with E-state index in [2.05, 4.69) is 17.5 Å². The van der Waals surface area contributed by atoms with Crippen LogP contribution in [0.4, 0.5) is 11.4 Å². The molecule has 164 valence electrons. The van der Waals surface area contributed by atoms with Crippen molar-refractivity contribution in [2.24, 2.45) is 5.92 Å². The summed E-state index contributed by atoms with van der Waals surface area (Å²) in [6, 6.07) is 20.0. The number of nitrogens with one attached hydrogen (secondary N) is 1. The lowest BCUT2D eigenvalue weighted by molar-refractivity contribution is 0.425. The van der Waals surface area contributed by atoms with Crippen LogP contribution in [0.5, 0.6) is 0 Å². The second-order valence-electron chi connectivity index (χ2n) is 8.20. The molecule has 3 aromatic rings. The summed E-state index contributed by atoms with van der Waals surface area (Å²) < 4.78 is 28.0. The summed E-state index contributed by atoms with van der Waals surface area (Å²) in [7, 11) is -2.10. The van der Waals surface area contributed by atoms with Gasteiger partial charge < -0.3 is 5.32 Å². The van der Waals surface area contributed by atoms with Crippen LogP contribution in [-0.2, 0) is 10.0 Å². The Morgan fingerprint density at radius 3 is 2.50 bits per heavy atom. The van der Waals surface area contributed by atoms with Gasteiger partial charge in [-0.2, -0.15) is 0 Å². The second-order valence-corrected chi connectivity index (χ2v) is 11.0. The van der Waals surface area contributed by atoms with Crippen molar-refractivity contribution in [1.29, 1.82) is 0 Å². The van der Waals surface area contributed by atoms with Gasteiger partial charge in [0.2, 0.25) is 0 Å². The quantitative estimate of drug-likeness (QED) is 0.421. The van der Waals surface area contributed by atoms with Gasteiger partial charge >= 0.3 is 0 Å². The molecule has 0 amide bonds. The molecule has 2 aliphatic rings. The van der Waals surface area contributed by atoms with Crippen LogP contribution in [0, 0.1) is 5.92 Å². The van der Waals surface area contributed by atoms with E-state index in [4.69, 9.17) is 23.2 Å². The fraction of sp³-hybridized carbons (Fsp3) is 0.200. The standard InChI is InChI=1S/C25H22Cl2N2O2S/c1-29(17-6-3-2-4-7-17)32(30,31)18-11-13-24-22(15-18)19-8-5-9-20(19)25(28-24)21-12-10-16(26)14-23(21)27/h2-8,10-15,19-20,25,28H,9H2,1H3. The van der Waals surface area contributed by atoms with Gasteiger partial charge in [0.05, 0.1) is 16.6 Å². The van der Waals surface area contributed by atoms with Gasteiger partial charge in [0.1, 0.15) is 0 Å². The molecule has 4 nitrogen and oxygen atoms in total. The summed E-state index contributed by atoms with van der Waals surface area (Å²) in [6.45, 7) is 0. The number of para-hydroxylation sites is 1. The minimum Gasteiger partial charge on any atom is -0.378 e. The van der Waals surface area contributed by atoms with E-state index in [0.29, 0.717) is 15.7 Å². The van der Waals surface area contributed by atoms with E-state index in [1.54, 1.807) is 31.3 Å². The van der Waals surface area contributed by atoms with E-state index in [-0.39, 0.29) is 22.8 Å². The maximum atomic E-state index is 13.3. The Labute approximate surface area is 198 Å². The van der Waals surface area contributed by atoms with Gasteiger partial charge in [-0.1, -0.05) is 59.6 Å². The highest BCUT2D eigenvalue weighted by molar-refractivity contribution is 7.92. The van der Waals surface area contributed by atoms with Crippen LogP contribution in [0.1, 0.15) is 29.5 Å². The van der Waals surface area contributed by atoms with E-state index in [1.807, 2.05) is 42.5 Å². The third kappa shape index (κ3) is 3.58. The monoisotopic (exact) mass is 484 g/mol. The topological polar surface area (TPSA) is 49.4 Å². The van der Waals surface area contributed by atoms with Crippen molar-refractivity contribution < 1.29 is 8.42 Å². The maximum Gasteiger partial charge on any atom is 0.264 e. The van der Waals surface area contributed by atoms with Crippen LogP contribution >= 0.6 is 23.2 Å². The molecule has 7 heteroatoms. The zero-order chi connectivity index (χ0) is 22.5. The van der Waals surface area contributed by atoms with Crippen molar-refractivity contribution in [3.8, 4) is 0 Å². The fourth-order valence-corrected chi connectivity index (χ4v) is 6.49. The lowest BCUT2D eigenvalue weighted by atomic mass is 9.77. The summed E-state index contributed by atoms with van der Waals surface area (Å²) in [6.07, 6.45) is 5.24. The number of anilines is 2. The number of sulfonamides is 1. The third-order valence-electron chi connectivity index (χ3n) is 6.41. The predicted molar refractivity (Wildman–Crippen MR) is 131 cm³/mol. The first-order chi connectivity index (χ1) is 15.4. The highest BCUT2D eigenvalue weighted by Crippen LogP contribution is 2.51. The molecule has 3 aromatic carbocycles. The van der Waals surface area contributed by atoms with Gasteiger partial charge in [0.25, 0.3) is 10.0 Å². The minimum atomic E-state index is -3.69. The molecule has 0 saturated carbocycles. The first kappa shape index (κ1) is 21.4. The summed E-state index contributed by atoms with van der Waals surface area (Å²) in [5.41, 5.74) is 3.54. The Bertz CT molecular complexity index is 1310. The normalized spacial score (nSPS) is 21.5. The average Bonchev–Trinajstić information content (AvgIpc) is 3.29. The number of benzene rings is 3. The molecule has 1 N–H and O–H groups in total. The number of fused-ring (bicyclic) bond motifs is 3. The average molecular weight is 485 g/mol. The van der Waals surface area contributed by atoms with Crippen LogP contribution in [0.15, 0.2) is 83.8 Å². The number of hydrogen-bond acceptors (Lipinski definition) is 3. The summed E-state index contributed by atoms with van der Waals surface area (Å²) in [4.78, 5) is 0.284. The molecule has 1 heterocycles. The van der Waals surface area contributed by atoms with Crippen molar-refractivity contribution in [1.82, 2.24) is 0 Å². The number of allylic oxidation sites excluding steroid dienone is 2. The van der Waals surface area contributed by atoms with Gasteiger partial charge in [-0.3, -0.25) is 4.31 Å².